The van der Waals surface area contributed by atoms with Gasteiger partial charge in [-0.05, 0) is 58.4 Å². The van der Waals surface area contributed by atoms with E-state index in [0.29, 0.717) is 6.04 Å². The van der Waals surface area contributed by atoms with Crippen molar-refractivity contribution in [1.82, 2.24) is 5.32 Å². The van der Waals surface area contributed by atoms with E-state index in [1.165, 1.54) is 32.1 Å². The van der Waals surface area contributed by atoms with Gasteiger partial charge in [-0.25, -0.2) is 0 Å². The minimum Gasteiger partial charge on any atom is -0.390 e. The molecule has 15 heavy (non-hydrogen) atoms. The van der Waals surface area contributed by atoms with Gasteiger partial charge in [0.2, 0.25) is 0 Å². The Bertz CT molecular complexity index is 166. The van der Waals surface area contributed by atoms with Gasteiger partial charge in [0.05, 0.1) is 5.60 Å². The molecule has 0 heterocycles. The summed E-state index contributed by atoms with van der Waals surface area (Å²) >= 11 is 0. The molecule has 1 saturated carbocycles. The highest BCUT2D eigenvalue weighted by Crippen LogP contribution is 2.26. The Hall–Kier alpha value is -0.0800. The zero-order chi connectivity index (χ0) is 11.3. The van der Waals surface area contributed by atoms with Gasteiger partial charge in [0.1, 0.15) is 0 Å². The Labute approximate surface area is 94.5 Å². The molecule has 0 radical (unpaired) electrons. The van der Waals surface area contributed by atoms with E-state index in [9.17, 15) is 5.11 Å². The summed E-state index contributed by atoms with van der Waals surface area (Å²) in [7, 11) is 0. The van der Waals surface area contributed by atoms with Gasteiger partial charge in [0.25, 0.3) is 0 Å². The van der Waals surface area contributed by atoms with Gasteiger partial charge in [0, 0.05) is 6.04 Å². The topological polar surface area (TPSA) is 32.3 Å². The normalized spacial score (nSPS) is 28.0. The lowest BCUT2D eigenvalue weighted by Crippen LogP contribution is -2.36. The second-order valence-corrected chi connectivity index (χ2v) is 5.64. The van der Waals surface area contributed by atoms with Crippen LogP contribution in [0.5, 0.6) is 0 Å². The molecule has 0 aromatic carbocycles. The Balaban J connectivity index is 2.09. The maximum Gasteiger partial charge on any atom is 0.0603 e. The van der Waals surface area contributed by atoms with Crippen molar-refractivity contribution < 1.29 is 5.11 Å². The Morgan fingerprint density at radius 2 is 1.80 bits per heavy atom. The fraction of sp³-hybridized carbons (Fsp3) is 1.00. The lowest BCUT2D eigenvalue weighted by Gasteiger charge is -2.29. The molecule has 2 heteroatoms. The third-order valence-electron chi connectivity index (χ3n) is 3.59. The molecule has 0 aliphatic heterocycles. The molecule has 0 bridgehead atoms. The van der Waals surface area contributed by atoms with Gasteiger partial charge in [0.15, 0.2) is 0 Å². The summed E-state index contributed by atoms with van der Waals surface area (Å²) in [4.78, 5) is 0. The van der Waals surface area contributed by atoms with Crippen molar-refractivity contribution in [2.24, 2.45) is 5.92 Å². The summed E-state index contributed by atoms with van der Waals surface area (Å²) in [5.41, 5.74) is -0.520. The molecule has 1 rings (SSSR count). The first-order valence-electron chi connectivity index (χ1n) is 6.47. The molecule has 0 aromatic heterocycles. The third-order valence-corrected chi connectivity index (χ3v) is 3.59. The first-order chi connectivity index (χ1) is 7.01. The van der Waals surface area contributed by atoms with Gasteiger partial charge in [-0.3, -0.25) is 0 Å². The van der Waals surface area contributed by atoms with E-state index in [0.717, 1.165) is 18.9 Å². The summed E-state index contributed by atoms with van der Waals surface area (Å²) in [6, 6.07) is 0.704. The number of hydrogen-bond acceptors (Lipinski definition) is 2. The van der Waals surface area contributed by atoms with Crippen LogP contribution in [0, 0.1) is 5.92 Å². The standard InChI is InChI=1S/C13H27NO/c1-4-11-5-7-12(8-6-11)14-10-9-13(2,3)15/h11-12,14-15H,4-10H2,1-3H3. The SMILES string of the molecule is CCC1CCC(NCCC(C)(C)O)CC1. The highest BCUT2D eigenvalue weighted by molar-refractivity contribution is 4.77. The number of aliphatic hydroxyl groups is 1. The molecule has 90 valence electrons. The van der Waals surface area contributed by atoms with Crippen LogP contribution in [0.4, 0.5) is 0 Å². The summed E-state index contributed by atoms with van der Waals surface area (Å²) < 4.78 is 0. The minimum absolute atomic E-state index is 0.520. The fourth-order valence-electron chi connectivity index (χ4n) is 2.36. The molecule has 0 aromatic rings. The quantitative estimate of drug-likeness (QED) is 0.736. The lowest BCUT2D eigenvalue weighted by atomic mass is 9.84. The molecule has 2 nitrogen and oxygen atoms in total. The first kappa shape index (κ1) is 13.0. The molecule has 2 N–H and O–H groups in total. The second kappa shape index (κ2) is 5.86. The average molecular weight is 213 g/mol. The molecular weight excluding hydrogens is 186 g/mol. The van der Waals surface area contributed by atoms with Crippen LogP contribution in [0.3, 0.4) is 0 Å². The zero-order valence-corrected chi connectivity index (χ0v) is 10.6. The Morgan fingerprint density at radius 3 is 2.27 bits per heavy atom. The highest BCUT2D eigenvalue weighted by atomic mass is 16.3. The van der Waals surface area contributed by atoms with Gasteiger partial charge in [-0.2, -0.15) is 0 Å². The number of rotatable bonds is 5. The van der Waals surface area contributed by atoms with Crippen molar-refractivity contribution in [3.05, 3.63) is 0 Å². The zero-order valence-electron chi connectivity index (χ0n) is 10.6. The number of nitrogens with one attached hydrogen (secondary N) is 1. The van der Waals surface area contributed by atoms with E-state index in [2.05, 4.69) is 12.2 Å². The maximum atomic E-state index is 9.59. The summed E-state index contributed by atoms with van der Waals surface area (Å²) in [6.45, 7) is 7.00. The van der Waals surface area contributed by atoms with E-state index in [1.54, 1.807) is 0 Å². The second-order valence-electron chi connectivity index (χ2n) is 5.64. The predicted octanol–water partition coefficient (Wildman–Crippen LogP) is 2.71. The smallest absolute Gasteiger partial charge is 0.0603 e. The summed E-state index contributed by atoms with van der Waals surface area (Å²) in [5.74, 6) is 0.970. The van der Waals surface area contributed by atoms with Crippen LogP contribution in [0.2, 0.25) is 0 Å². The Morgan fingerprint density at radius 1 is 1.20 bits per heavy atom. The largest absolute Gasteiger partial charge is 0.390 e. The third kappa shape index (κ3) is 5.53. The van der Waals surface area contributed by atoms with Gasteiger partial charge in [-0.15, -0.1) is 0 Å². The van der Waals surface area contributed by atoms with E-state index in [1.807, 2.05) is 13.8 Å². The highest BCUT2D eigenvalue weighted by Gasteiger charge is 2.20. The van der Waals surface area contributed by atoms with Crippen LogP contribution in [0.15, 0.2) is 0 Å². The predicted molar refractivity (Wildman–Crippen MR) is 65.0 cm³/mol. The number of hydrogen-bond donors (Lipinski definition) is 2. The maximum absolute atomic E-state index is 9.59. The van der Waals surface area contributed by atoms with Crippen molar-refractivity contribution in [3.8, 4) is 0 Å². The van der Waals surface area contributed by atoms with Crippen molar-refractivity contribution in [2.45, 2.75) is 70.9 Å². The van der Waals surface area contributed by atoms with Crippen LogP contribution in [-0.2, 0) is 0 Å². The van der Waals surface area contributed by atoms with Crippen LogP contribution < -0.4 is 5.32 Å². The van der Waals surface area contributed by atoms with Crippen LogP contribution in [0.1, 0.15) is 59.3 Å². The summed E-state index contributed by atoms with van der Waals surface area (Å²) in [6.07, 6.45) is 7.61. The van der Waals surface area contributed by atoms with Crippen LogP contribution in [0.25, 0.3) is 0 Å². The van der Waals surface area contributed by atoms with Gasteiger partial charge in [-0.1, -0.05) is 13.3 Å². The van der Waals surface area contributed by atoms with Crippen LogP contribution in [-0.4, -0.2) is 23.3 Å². The molecule has 1 aliphatic carbocycles. The monoisotopic (exact) mass is 213 g/mol. The van der Waals surface area contributed by atoms with Crippen molar-refractivity contribution in [1.29, 1.82) is 0 Å². The van der Waals surface area contributed by atoms with E-state index in [4.69, 9.17) is 0 Å². The average Bonchev–Trinajstić information content (AvgIpc) is 2.17. The molecular formula is C13H27NO. The molecule has 0 spiro atoms. The van der Waals surface area contributed by atoms with Crippen molar-refractivity contribution in [3.63, 3.8) is 0 Å². The molecule has 0 saturated heterocycles. The Kier molecular flexibility index (Phi) is 5.07. The molecule has 1 fully saturated rings. The van der Waals surface area contributed by atoms with Crippen molar-refractivity contribution in [2.75, 3.05) is 6.54 Å². The van der Waals surface area contributed by atoms with Gasteiger partial charge >= 0.3 is 0 Å². The lowest BCUT2D eigenvalue weighted by molar-refractivity contribution is 0.0696. The fourth-order valence-corrected chi connectivity index (χ4v) is 2.36. The van der Waals surface area contributed by atoms with E-state index < -0.39 is 5.60 Å². The van der Waals surface area contributed by atoms with Gasteiger partial charge < -0.3 is 10.4 Å². The van der Waals surface area contributed by atoms with E-state index in [-0.39, 0.29) is 0 Å². The molecule has 1 aliphatic rings. The van der Waals surface area contributed by atoms with Crippen molar-refractivity contribution >= 4 is 0 Å². The summed E-state index contributed by atoms with van der Waals surface area (Å²) in [5, 5.41) is 13.2. The minimum atomic E-state index is -0.520. The molecule has 0 unspecified atom stereocenters. The molecule has 0 amide bonds. The first-order valence-corrected chi connectivity index (χ1v) is 6.47. The molecule has 0 atom stereocenters. The van der Waals surface area contributed by atoms with Crippen LogP contribution >= 0.6 is 0 Å². The van der Waals surface area contributed by atoms with E-state index >= 15 is 0 Å².